The predicted octanol–water partition coefficient (Wildman–Crippen LogP) is 3.52. The Balaban J connectivity index is 1.87. The molecule has 23 heavy (non-hydrogen) atoms. The van der Waals surface area contributed by atoms with Crippen molar-refractivity contribution >= 4 is 23.5 Å². The quantitative estimate of drug-likeness (QED) is 0.814. The average molecular weight is 333 g/mol. The molecule has 0 aliphatic heterocycles. The molecule has 0 aliphatic carbocycles. The van der Waals surface area contributed by atoms with Crippen LogP contribution >= 0.6 is 11.6 Å². The van der Waals surface area contributed by atoms with E-state index in [-0.39, 0.29) is 5.91 Å². The minimum atomic E-state index is -0.150. The van der Waals surface area contributed by atoms with Gasteiger partial charge in [-0.25, -0.2) is 9.97 Å². The Morgan fingerprint density at radius 3 is 2.57 bits per heavy atom. The molecular weight excluding hydrogens is 312 g/mol. The van der Waals surface area contributed by atoms with Crippen molar-refractivity contribution in [3.05, 3.63) is 52.8 Å². The van der Waals surface area contributed by atoms with Crippen molar-refractivity contribution in [1.82, 2.24) is 15.3 Å². The fraction of sp³-hybridized carbons (Fsp3) is 0.353. The van der Waals surface area contributed by atoms with Crippen LogP contribution < -0.4 is 10.6 Å². The smallest absolute Gasteiger partial charge is 0.254 e. The normalized spacial score (nSPS) is 10.6. The van der Waals surface area contributed by atoms with Gasteiger partial charge in [-0.1, -0.05) is 43.6 Å². The van der Waals surface area contributed by atoms with Crippen LogP contribution in [0.15, 0.2) is 36.7 Å². The Morgan fingerprint density at radius 2 is 1.91 bits per heavy atom. The first-order valence-electron chi connectivity index (χ1n) is 7.64. The van der Waals surface area contributed by atoms with E-state index in [2.05, 4.69) is 34.4 Å². The summed E-state index contributed by atoms with van der Waals surface area (Å²) in [6.07, 6.45) is 3.99. The van der Waals surface area contributed by atoms with E-state index in [0.717, 1.165) is 12.0 Å². The SMILES string of the molecule is CC(C)CCNC(=O)c1cnc(NCc2ccccc2Cl)nc1. The van der Waals surface area contributed by atoms with Gasteiger partial charge in [0.1, 0.15) is 0 Å². The predicted molar refractivity (Wildman–Crippen MR) is 92.6 cm³/mol. The number of benzene rings is 1. The number of carbonyl (C=O) groups excluding carboxylic acids is 1. The molecule has 2 aromatic rings. The zero-order valence-corrected chi connectivity index (χ0v) is 14.1. The summed E-state index contributed by atoms with van der Waals surface area (Å²) in [4.78, 5) is 20.3. The van der Waals surface area contributed by atoms with Crippen molar-refractivity contribution < 1.29 is 4.79 Å². The molecule has 0 bridgehead atoms. The number of rotatable bonds is 7. The molecule has 0 radical (unpaired) electrons. The topological polar surface area (TPSA) is 66.9 Å². The van der Waals surface area contributed by atoms with Crippen LogP contribution in [0.3, 0.4) is 0 Å². The zero-order chi connectivity index (χ0) is 16.7. The second kappa shape index (κ2) is 8.48. The molecule has 0 fully saturated rings. The Morgan fingerprint density at radius 1 is 1.22 bits per heavy atom. The lowest BCUT2D eigenvalue weighted by Gasteiger charge is -2.08. The summed E-state index contributed by atoms with van der Waals surface area (Å²) < 4.78 is 0. The van der Waals surface area contributed by atoms with E-state index in [1.165, 1.54) is 12.4 Å². The first kappa shape index (κ1) is 17.2. The number of carbonyl (C=O) groups is 1. The van der Waals surface area contributed by atoms with Gasteiger partial charge in [-0.05, 0) is 24.0 Å². The molecule has 1 amide bonds. The minimum absolute atomic E-state index is 0.150. The molecule has 0 spiro atoms. The number of aromatic nitrogens is 2. The number of nitrogens with one attached hydrogen (secondary N) is 2. The van der Waals surface area contributed by atoms with Crippen LogP contribution in [-0.2, 0) is 6.54 Å². The van der Waals surface area contributed by atoms with E-state index in [1.54, 1.807) is 0 Å². The van der Waals surface area contributed by atoms with Crippen molar-refractivity contribution in [2.45, 2.75) is 26.8 Å². The fourth-order valence-electron chi connectivity index (χ4n) is 1.93. The maximum atomic E-state index is 11.9. The maximum Gasteiger partial charge on any atom is 0.254 e. The van der Waals surface area contributed by atoms with Crippen LogP contribution in [0.4, 0.5) is 5.95 Å². The molecule has 2 N–H and O–H groups in total. The van der Waals surface area contributed by atoms with Gasteiger partial charge in [0.2, 0.25) is 5.95 Å². The molecule has 1 aromatic carbocycles. The molecule has 0 saturated carbocycles. The summed E-state index contributed by atoms with van der Waals surface area (Å²) in [6, 6.07) is 7.58. The average Bonchev–Trinajstić information content (AvgIpc) is 2.54. The van der Waals surface area contributed by atoms with Crippen LogP contribution in [-0.4, -0.2) is 22.4 Å². The molecule has 1 heterocycles. The molecule has 6 heteroatoms. The summed E-state index contributed by atoms with van der Waals surface area (Å²) in [5.41, 5.74) is 1.42. The van der Waals surface area contributed by atoms with Crippen LogP contribution in [0.25, 0.3) is 0 Å². The molecule has 1 aromatic heterocycles. The van der Waals surface area contributed by atoms with E-state index in [1.807, 2.05) is 24.3 Å². The van der Waals surface area contributed by atoms with Gasteiger partial charge >= 0.3 is 0 Å². The van der Waals surface area contributed by atoms with Gasteiger partial charge < -0.3 is 10.6 Å². The number of nitrogens with zero attached hydrogens (tertiary/aromatic N) is 2. The van der Waals surface area contributed by atoms with Gasteiger partial charge in [-0.15, -0.1) is 0 Å². The molecule has 0 atom stereocenters. The van der Waals surface area contributed by atoms with Gasteiger partial charge in [-0.3, -0.25) is 4.79 Å². The summed E-state index contributed by atoms with van der Waals surface area (Å²) in [5.74, 6) is 0.870. The number of amides is 1. The van der Waals surface area contributed by atoms with Gasteiger partial charge in [-0.2, -0.15) is 0 Å². The highest BCUT2D eigenvalue weighted by molar-refractivity contribution is 6.31. The van der Waals surface area contributed by atoms with Crippen LogP contribution in [0.2, 0.25) is 5.02 Å². The van der Waals surface area contributed by atoms with Gasteiger partial charge in [0.05, 0.1) is 5.56 Å². The molecule has 0 saturated heterocycles. The van der Waals surface area contributed by atoms with Gasteiger partial charge in [0.25, 0.3) is 5.91 Å². The van der Waals surface area contributed by atoms with Crippen LogP contribution in [0.5, 0.6) is 0 Å². The molecule has 0 unspecified atom stereocenters. The third-order valence-electron chi connectivity index (χ3n) is 3.32. The van der Waals surface area contributed by atoms with E-state index < -0.39 is 0 Å². The maximum absolute atomic E-state index is 11.9. The van der Waals surface area contributed by atoms with E-state index >= 15 is 0 Å². The van der Waals surface area contributed by atoms with E-state index in [9.17, 15) is 4.79 Å². The number of hydrogen-bond acceptors (Lipinski definition) is 4. The van der Waals surface area contributed by atoms with Crippen molar-refractivity contribution in [2.24, 2.45) is 5.92 Å². The Hall–Kier alpha value is -2.14. The van der Waals surface area contributed by atoms with Crippen molar-refractivity contribution in [3.63, 3.8) is 0 Å². The van der Waals surface area contributed by atoms with E-state index in [4.69, 9.17) is 11.6 Å². The lowest BCUT2D eigenvalue weighted by Crippen LogP contribution is -2.25. The van der Waals surface area contributed by atoms with E-state index in [0.29, 0.717) is 35.5 Å². The lowest BCUT2D eigenvalue weighted by molar-refractivity contribution is 0.0951. The minimum Gasteiger partial charge on any atom is -0.352 e. The van der Waals surface area contributed by atoms with Crippen molar-refractivity contribution in [1.29, 1.82) is 0 Å². The first-order chi connectivity index (χ1) is 11.1. The second-order valence-electron chi connectivity index (χ2n) is 5.68. The Kier molecular flexibility index (Phi) is 6.35. The lowest BCUT2D eigenvalue weighted by atomic mass is 10.1. The van der Waals surface area contributed by atoms with Crippen molar-refractivity contribution in [3.8, 4) is 0 Å². The summed E-state index contributed by atoms with van der Waals surface area (Å²) in [7, 11) is 0. The van der Waals surface area contributed by atoms with Gasteiger partial charge in [0.15, 0.2) is 0 Å². The Bertz CT molecular complexity index is 643. The molecular formula is C17H21ClN4O. The fourth-order valence-corrected chi connectivity index (χ4v) is 2.13. The number of anilines is 1. The summed E-state index contributed by atoms with van der Waals surface area (Å²) >= 11 is 6.09. The summed E-state index contributed by atoms with van der Waals surface area (Å²) in [5, 5.41) is 6.64. The van der Waals surface area contributed by atoms with Gasteiger partial charge in [0, 0.05) is 30.5 Å². The highest BCUT2D eigenvalue weighted by Gasteiger charge is 2.07. The highest BCUT2D eigenvalue weighted by Crippen LogP contribution is 2.15. The highest BCUT2D eigenvalue weighted by atomic mass is 35.5. The standard InChI is InChI=1S/C17H21ClN4O/c1-12(2)7-8-19-16(23)14-10-21-17(22-11-14)20-9-13-5-3-4-6-15(13)18/h3-6,10-12H,7-9H2,1-2H3,(H,19,23)(H,20,21,22). The molecule has 2 rings (SSSR count). The zero-order valence-electron chi connectivity index (χ0n) is 13.3. The summed E-state index contributed by atoms with van der Waals surface area (Å²) in [6.45, 7) is 5.42. The number of hydrogen-bond donors (Lipinski definition) is 2. The second-order valence-corrected chi connectivity index (χ2v) is 6.09. The third kappa shape index (κ3) is 5.53. The monoisotopic (exact) mass is 332 g/mol. The largest absolute Gasteiger partial charge is 0.352 e. The van der Waals surface area contributed by atoms with Crippen LogP contribution in [0, 0.1) is 5.92 Å². The molecule has 5 nitrogen and oxygen atoms in total. The number of halogens is 1. The third-order valence-corrected chi connectivity index (χ3v) is 3.68. The Labute approximate surface area is 141 Å². The molecule has 122 valence electrons. The molecule has 0 aliphatic rings. The first-order valence-corrected chi connectivity index (χ1v) is 8.01. The van der Waals surface area contributed by atoms with Crippen LogP contribution in [0.1, 0.15) is 36.2 Å². The van der Waals surface area contributed by atoms with Crippen molar-refractivity contribution in [2.75, 3.05) is 11.9 Å².